The van der Waals surface area contributed by atoms with Gasteiger partial charge in [0.2, 0.25) is 5.95 Å². The van der Waals surface area contributed by atoms with Crippen LogP contribution in [0.25, 0.3) is 0 Å². The zero-order valence-electron chi connectivity index (χ0n) is 13.2. The van der Waals surface area contributed by atoms with E-state index in [0.717, 1.165) is 23.2 Å². The third-order valence-electron chi connectivity index (χ3n) is 5.09. The van der Waals surface area contributed by atoms with Gasteiger partial charge in [0.1, 0.15) is 0 Å². The van der Waals surface area contributed by atoms with E-state index in [1.165, 1.54) is 51.6 Å². The second kappa shape index (κ2) is 6.48. The lowest BCUT2D eigenvalue weighted by Crippen LogP contribution is -2.36. The highest BCUT2D eigenvalue weighted by Crippen LogP contribution is 2.32. The van der Waals surface area contributed by atoms with Crippen molar-refractivity contribution < 1.29 is 0 Å². The summed E-state index contributed by atoms with van der Waals surface area (Å²) >= 11 is 5.46. The lowest BCUT2D eigenvalue weighted by molar-refractivity contribution is 0.222. The molecule has 2 heterocycles. The molecule has 1 saturated heterocycles. The molecular formula is C15H27N5S. The summed E-state index contributed by atoms with van der Waals surface area (Å²) in [7, 11) is 4.37. The van der Waals surface area contributed by atoms with Gasteiger partial charge in [-0.3, -0.25) is 4.57 Å². The molecule has 5 nitrogen and oxygen atoms in total. The van der Waals surface area contributed by atoms with Crippen LogP contribution in [0.1, 0.15) is 44.6 Å². The Labute approximate surface area is 132 Å². The van der Waals surface area contributed by atoms with Crippen LogP contribution in [0.3, 0.4) is 0 Å². The van der Waals surface area contributed by atoms with E-state index in [-0.39, 0.29) is 0 Å². The number of nitrogens with one attached hydrogen (secondary N) is 1. The first-order valence-corrected chi connectivity index (χ1v) is 8.62. The van der Waals surface area contributed by atoms with Gasteiger partial charge in [0.25, 0.3) is 0 Å². The van der Waals surface area contributed by atoms with Crippen LogP contribution in [-0.2, 0) is 0 Å². The largest absolute Gasteiger partial charge is 0.344 e. The number of piperidine rings is 1. The normalized spacial score (nSPS) is 22.0. The van der Waals surface area contributed by atoms with E-state index >= 15 is 0 Å². The van der Waals surface area contributed by atoms with Crippen LogP contribution in [-0.4, -0.2) is 53.4 Å². The van der Waals surface area contributed by atoms with Gasteiger partial charge in [-0.1, -0.05) is 12.8 Å². The molecule has 0 aromatic carbocycles. The van der Waals surface area contributed by atoms with E-state index in [9.17, 15) is 0 Å². The van der Waals surface area contributed by atoms with Gasteiger partial charge in [0.05, 0.1) is 0 Å². The van der Waals surface area contributed by atoms with Crippen LogP contribution in [0.4, 0.5) is 5.95 Å². The van der Waals surface area contributed by atoms with Crippen molar-refractivity contribution in [2.75, 3.05) is 38.6 Å². The quantitative estimate of drug-likeness (QED) is 0.868. The van der Waals surface area contributed by atoms with Crippen LogP contribution in [0.2, 0.25) is 0 Å². The lowest BCUT2D eigenvalue weighted by Gasteiger charge is -2.32. The maximum absolute atomic E-state index is 5.46. The summed E-state index contributed by atoms with van der Waals surface area (Å²) in [5, 5.41) is 7.51. The van der Waals surface area contributed by atoms with Crippen molar-refractivity contribution in [1.82, 2.24) is 19.7 Å². The number of aromatic nitrogens is 3. The molecule has 3 rings (SSSR count). The zero-order valence-corrected chi connectivity index (χ0v) is 14.0. The van der Waals surface area contributed by atoms with Crippen molar-refractivity contribution in [3.63, 3.8) is 0 Å². The Morgan fingerprint density at radius 1 is 1.24 bits per heavy atom. The Bertz CT molecular complexity index is 508. The van der Waals surface area contributed by atoms with E-state index < -0.39 is 0 Å². The molecule has 1 aliphatic carbocycles. The first-order valence-electron chi connectivity index (χ1n) is 8.21. The fourth-order valence-corrected chi connectivity index (χ4v) is 4.05. The molecule has 1 aliphatic heterocycles. The number of hydrogen-bond acceptors (Lipinski definition) is 4. The van der Waals surface area contributed by atoms with Crippen LogP contribution in [0.5, 0.6) is 0 Å². The predicted octanol–water partition coefficient (Wildman–Crippen LogP) is 2.83. The summed E-state index contributed by atoms with van der Waals surface area (Å²) in [5.41, 5.74) is 0. The number of aromatic amines is 1. The van der Waals surface area contributed by atoms with E-state index in [1.54, 1.807) is 0 Å². The number of nitrogens with zero attached hydrogens (tertiary/aromatic N) is 4. The molecule has 1 saturated carbocycles. The highest BCUT2D eigenvalue weighted by molar-refractivity contribution is 7.71. The molecule has 0 unspecified atom stereocenters. The van der Waals surface area contributed by atoms with Crippen molar-refractivity contribution in [3.8, 4) is 0 Å². The summed E-state index contributed by atoms with van der Waals surface area (Å²) < 4.78 is 3.05. The molecule has 0 radical (unpaired) electrons. The van der Waals surface area contributed by atoms with Crippen LogP contribution in [0.15, 0.2) is 0 Å². The highest BCUT2D eigenvalue weighted by Gasteiger charge is 2.25. The van der Waals surface area contributed by atoms with E-state index in [1.807, 2.05) is 0 Å². The molecule has 0 atom stereocenters. The first kappa shape index (κ1) is 15.0. The molecule has 118 valence electrons. The third kappa shape index (κ3) is 3.31. The molecule has 2 fully saturated rings. The minimum atomic E-state index is 0.547. The van der Waals surface area contributed by atoms with Crippen molar-refractivity contribution >= 4 is 18.2 Å². The average molecular weight is 309 g/mol. The van der Waals surface area contributed by atoms with E-state index in [4.69, 9.17) is 12.2 Å². The molecule has 0 amide bonds. The summed E-state index contributed by atoms with van der Waals surface area (Å²) in [6.45, 7) is 3.52. The molecule has 1 N–H and O–H groups in total. The van der Waals surface area contributed by atoms with E-state index in [0.29, 0.717) is 6.04 Å². The number of likely N-dealkylation sites (tertiary alicyclic amines) is 1. The Balaban J connectivity index is 1.69. The molecule has 21 heavy (non-hydrogen) atoms. The Kier molecular flexibility index (Phi) is 4.64. The highest BCUT2D eigenvalue weighted by atomic mass is 32.1. The van der Waals surface area contributed by atoms with Crippen molar-refractivity contribution in [2.24, 2.45) is 5.92 Å². The lowest BCUT2D eigenvalue weighted by atomic mass is 9.97. The standard InChI is InChI=1S/C15H27N5S/c1-18-9-7-12(8-10-18)11-19(2)14-16-17-15(21)20(14)13-5-3-4-6-13/h12-13H,3-11H2,1-2H3,(H,17,21). The van der Waals surface area contributed by atoms with Crippen molar-refractivity contribution in [3.05, 3.63) is 4.77 Å². The summed E-state index contributed by atoms with van der Waals surface area (Å²) in [5.74, 6) is 1.80. The molecule has 1 aromatic rings. The van der Waals surface area contributed by atoms with Crippen LogP contribution >= 0.6 is 12.2 Å². The van der Waals surface area contributed by atoms with Gasteiger partial charge < -0.3 is 9.80 Å². The summed E-state index contributed by atoms with van der Waals surface area (Å²) in [6, 6.07) is 0.547. The number of rotatable bonds is 4. The minimum absolute atomic E-state index is 0.547. The maximum atomic E-state index is 5.46. The van der Waals surface area contributed by atoms with Gasteiger partial charge in [-0.05, 0) is 64.0 Å². The monoisotopic (exact) mass is 309 g/mol. The van der Waals surface area contributed by atoms with Gasteiger partial charge in [-0.2, -0.15) is 0 Å². The molecule has 2 aliphatic rings. The maximum Gasteiger partial charge on any atom is 0.225 e. The fourth-order valence-electron chi connectivity index (χ4n) is 3.77. The molecule has 0 bridgehead atoms. The van der Waals surface area contributed by atoms with Crippen LogP contribution in [0, 0.1) is 10.7 Å². The second-order valence-electron chi connectivity index (χ2n) is 6.76. The SMILES string of the molecule is CN1CCC(CN(C)c2n[nH]c(=S)n2C2CCCC2)CC1. The average Bonchev–Trinajstić information content (AvgIpc) is 3.10. The van der Waals surface area contributed by atoms with Crippen molar-refractivity contribution in [1.29, 1.82) is 0 Å². The van der Waals surface area contributed by atoms with Gasteiger partial charge in [-0.25, -0.2) is 5.10 Å². The first-order chi connectivity index (χ1) is 10.1. The Morgan fingerprint density at radius 3 is 2.57 bits per heavy atom. The van der Waals surface area contributed by atoms with Crippen LogP contribution < -0.4 is 4.90 Å². The Hall–Kier alpha value is -0.880. The molecule has 0 spiro atoms. The second-order valence-corrected chi connectivity index (χ2v) is 7.15. The van der Waals surface area contributed by atoms with Gasteiger partial charge in [0.15, 0.2) is 4.77 Å². The number of hydrogen-bond donors (Lipinski definition) is 1. The molecule has 6 heteroatoms. The number of anilines is 1. The van der Waals surface area contributed by atoms with Gasteiger partial charge in [0, 0.05) is 19.6 Å². The van der Waals surface area contributed by atoms with E-state index in [2.05, 4.69) is 38.7 Å². The van der Waals surface area contributed by atoms with Gasteiger partial charge in [-0.15, -0.1) is 5.10 Å². The number of H-pyrrole nitrogens is 1. The fraction of sp³-hybridized carbons (Fsp3) is 0.867. The zero-order chi connectivity index (χ0) is 14.8. The molecular weight excluding hydrogens is 282 g/mol. The Morgan fingerprint density at radius 2 is 1.90 bits per heavy atom. The summed E-state index contributed by atoms with van der Waals surface area (Å²) in [6.07, 6.45) is 7.68. The third-order valence-corrected chi connectivity index (χ3v) is 5.38. The predicted molar refractivity (Wildman–Crippen MR) is 88.4 cm³/mol. The topological polar surface area (TPSA) is 40.1 Å². The minimum Gasteiger partial charge on any atom is -0.344 e. The summed E-state index contributed by atoms with van der Waals surface area (Å²) in [4.78, 5) is 4.73. The smallest absolute Gasteiger partial charge is 0.225 e. The van der Waals surface area contributed by atoms with Crippen molar-refractivity contribution in [2.45, 2.75) is 44.6 Å². The van der Waals surface area contributed by atoms with Gasteiger partial charge >= 0.3 is 0 Å². The molecule has 1 aromatic heterocycles.